The van der Waals surface area contributed by atoms with Gasteiger partial charge in [0.25, 0.3) is 0 Å². The molecule has 6 rings (SSSR count). The summed E-state index contributed by atoms with van der Waals surface area (Å²) in [6.45, 7) is 4.50. The first kappa shape index (κ1) is 22.5. The molecular formula is C27H28ClN5O. The van der Waals surface area contributed by atoms with Gasteiger partial charge in [0.1, 0.15) is 17.9 Å². The van der Waals surface area contributed by atoms with Gasteiger partial charge in [0.05, 0.1) is 28.1 Å². The molecule has 5 aromatic rings. The summed E-state index contributed by atoms with van der Waals surface area (Å²) in [6.07, 6.45) is 6.22. The molecule has 0 atom stereocenters. The van der Waals surface area contributed by atoms with Gasteiger partial charge in [-0.25, -0.2) is 15.0 Å². The highest BCUT2D eigenvalue weighted by atomic mass is 35.5. The Hall–Kier alpha value is -3.25. The lowest BCUT2D eigenvalue weighted by atomic mass is 9.89. The summed E-state index contributed by atoms with van der Waals surface area (Å²) >= 11 is 0. The number of para-hydroxylation sites is 1. The van der Waals surface area contributed by atoms with Crippen LogP contribution < -0.4 is 4.74 Å². The van der Waals surface area contributed by atoms with Crippen LogP contribution in [0.5, 0.6) is 5.88 Å². The Labute approximate surface area is 204 Å². The number of pyridine rings is 2. The number of ether oxygens (including phenoxy) is 1. The SMILES string of the molecule is Cc1nc(C2CCCCC2)n2c1c(C)nc1ccc(OCc3ccc4ccccc4n3)nc12.Cl. The van der Waals surface area contributed by atoms with E-state index in [9.17, 15) is 0 Å². The molecule has 0 unspecified atom stereocenters. The Bertz CT molecular complexity index is 1490. The van der Waals surface area contributed by atoms with Crippen LogP contribution >= 0.6 is 12.4 Å². The van der Waals surface area contributed by atoms with Crippen molar-refractivity contribution in [2.75, 3.05) is 0 Å². The third-order valence-corrected chi connectivity index (χ3v) is 6.74. The van der Waals surface area contributed by atoms with Crippen LogP contribution in [0.2, 0.25) is 0 Å². The van der Waals surface area contributed by atoms with Gasteiger partial charge in [-0.05, 0) is 44.9 Å². The number of hydrogen-bond acceptors (Lipinski definition) is 5. The molecule has 6 nitrogen and oxygen atoms in total. The molecule has 4 aromatic heterocycles. The number of aromatic nitrogens is 5. The van der Waals surface area contributed by atoms with Gasteiger partial charge < -0.3 is 4.74 Å². The summed E-state index contributed by atoms with van der Waals surface area (Å²) in [5.74, 6) is 2.17. The molecule has 0 N–H and O–H groups in total. The second-order valence-electron chi connectivity index (χ2n) is 9.05. The predicted octanol–water partition coefficient (Wildman–Crippen LogP) is 6.49. The molecule has 0 radical (unpaired) electrons. The molecule has 0 amide bonds. The molecule has 4 heterocycles. The highest BCUT2D eigenvalue weighted by molar-refractivity contribution is 5.85. The Morgan fingerprint density at radius 3 is 2.47 bits per heavy atom. The van der Waals surface area contributed by atoms with Crippen LogP contribution in [0.4, 0.5) is 0 Å². The molecule has 0 bridgehead atoms. The first-order chi connectivity index (χ1) is 16.2. The number of benzene rings is 1. The molecule has 0 spiro atoms. The Morgan fingerprint density at radius 1 is 0.824 bits per heavy atom. The summed E-state index contributed by atoms with van der Waals surface area (Å²) in [7, 11) is 0. The maximum absolute atomic E-state index is 6.09. The molecule has 0 aliphatic heterocycles. The number of fused-ring (bicyclic) bond motifs is 4. The van der Waals surface area contributed by atoms with Gasteiger partial charge in [-0.2, -0.15) is 4.98 Å². The number of halogens is 1. The third kappa shape index (κ3) is 3.96. The molecular weight excluding hydrogens is 446 g/mol. The van der Waals surface area contributed by atoms with Gasteiger partial charge in [-0.1, -0.05) is 43.5 Å². The fraction of sp³-hybridized carbons (Fsp3) is 0.333. The van der Waals surface area contributed by atoms with Crippen LogP contribution in [-0.2, 0) is 6.61 Å². The van der Waals surface area contributed by atoms with Crippen molar-refractivity contribution >= 4 is 40.0 Å². The van der Waals surface area contributed by atoms with E-state index >= 15 is 0 Å². The number of imidazole rings is 1. The maximum atomic E-state index is 6.09. The monoisotopic (exact) mass is 473 g/mol. The van der Waals surface area contributed by atoms with Crippen LogP contribution in [0.25, 0.3) is 27.6 Å². The average Bonchev–Trinajstić information content (AvgIpc) is 3.21. The van der Waals surface area contributed by atoms with Crippen molar-refractivity contribution < 1.29 is 4.74 Å². The summed E-state index contributed by atoms with van der Waals surface area (Å²) in [5.41, 5.74) is 6.62. The average molecular weight is 474 g/mol. The quantitative estimate of drug-likeness (QED) is 0.298. The van der Waals surface area contributed by atoms with E-state index in [0.29, 0.717) is 18.4 Å². The van der Waals surface area contributed by atoms with Gasteiger partial charge in [0, 0.05) is 17.4 Å². The van der Waals surface area contributed by atoms with E-state index in [-0.39, 0.29) is 12.4 Å². The second kappa shape index (κ2) is 9.18. The zero-order chi connectivity index (χ0) is 22.4. The van der Waals surface area contributed by atoms with E-state index in [4.69, 9.17) is 24.7 Å². The zero-order valence-corrected chi connectivity index (χ0v) is 20.3. The van der Waals surface area contributed by atoms with Crippen LogP contribution in [0.15, 0.2) is 48.5 Å². The minimum atomic E-state index is 0. The van der Waals surface area contributed by atoms with Crippen molar-refractivity contribution in [2.24, 2.45) is 0 Å². The molecule has 1 saturated carbocycles. The summed E-state index contributed by atoms with van der Waals surface area (Å²) in [5, 5.41) is 1.12. The minimum Gasteiger partial charge on any atom is -0.471 e. The Morgan fingerprint density at radius 2 is 1.62 bits per heavy atom. The van der Waals surface area contributed by atoms with Crippen molar-refractivity contribution in [3.8, 4) is 5.88 Å². The Balaban J connectivity index is 0.00000241. The van der Waals surface area contributed by atoms with E-state index in [1.165, 1.54) is 32.1 Å². The molecule has 1 aromatic carbocycles. The maximum Gasteiger partial charge on any atom is 0.215 e. The van der Waals surface area contributed by atoms with Crippen LogP contribution in [0, 0.1) is 13.8 Å². The van der Waals surface area contributed by atoms with Crippen molar-refractivity contribution in [1.29, 1.82) is 0 Å². The van der Waals surface area contributed by atoms with Gasteiger partial charge in [-0.3, -0.25) is 4.40 Å². The van der Waals surface area contributed by atoms with Gasteiger partial charge in [0.15, 0.2) is 5.65 Å². The Kier molecular flexibility index (Phi) is 6.09. The molecule has 1 aliphatic rings. The lowest BCUT2D eigenvalue weighted by Crippen LogP contribution is -2.10. The first-order valence-electron chi connectivity index (χ1n) is 11.8. The third-order valence-electron chi connectivity index (χ3n) is 6.74. The van der Waals surface area contributed by atoms with Gasteiger partial charge in [-0.15, -0.1) is 12.4 Å². The molecule has 1 aliphatic carbocycles. The van der Waals surface area contributed by atoms with E-state index in [0.717, 1.165) is 50.5 Å². The van der Waals surface area contributed by atoms with Gasteiger partial charge >= 0.3 is 0 Å². The molecule has 174 valence electrons. The number of rotatable bonds is 4. The van der Waals surface area contributed by atoms with Crippen LogP contribution in [-0.4, -0.2) is 24.3 Å². The summed E-state index contributed by atoms with van der Waals surface area (Å²) in [6, 6.07) is 16.1. The van der Waals surface area contributed by atoms with E-state index in [1.807, 2.05) is 36.4 Å². The lowest BCUT2D eigenvalue weighted by Gasteiger charge is -2.21. The van der Waals surface area contributed by atoms with Crippen molar-refractivity contribution in [3.63, 3.8) is 0 Å². The standard InChI is InChI=1S/C27H27N5O.ClH/c1-17-25-18(2)29-26(20-9-4-3-5-10-20)32(25)27-23(28-17)14-15-24(31-27)33-16-21-13-12-19-8-6-7-11-22(19)30-21;/h6-8,11-15,20H,3-5,9-10,16H2,1-2H3;1H. The fourth-order valence-electron chi connectivity index (χ4n) is 5.15. The number of nitrogens with zero attached hydrogens (tertiary/aromatic N) is 5. The minimum absolute atomic E-state index is 0. The van der Waals surface area contributed by atoms with E-state index in [2.05, 4.69) is 30.4 Å². The number of hydrogen-bond donors (Lipinski definition) is 0. The normalized spacial score (nSPS) is 14.5. The lowest BCUT2D eigenvalue weighted by molar-refractivity contribution is 0.290. The zero-order valence-electron chi connectivity index (χ0n) is 19.5. The van der Waals surface area contributed by atoms with Crippen molar-refractivity contribution in [3.05, 3.63) is 71.4 Å². The molecule has 34 heavy (non-hydrogen) atoms. The molecule has 7 heteroatoms. The highest BCUT2D eigenvalue weighted by Gasteiger charge is 2.24. The van der Waals surface area contributed by atoms with Crippen LogP contribution in [0.1, 0.15) is 60.9 Å². The molecule has 1 fully saturated rings. The predicted molar refractivity (Wildman–Crippen MR) is 137 cm³/mol. The van der Waals surface area contributed by atoms with E-state index < -0.39 is 0 Å². The molecule has 0 saturated heterocycles. The highest BCUT2D eigenvalue weighted by Crippen LogP contribution is 2.35. The van der Waals surface area contributed by atoms with Crippen molar-refractivity contribution in [1.82, 2.24) is 24.3 Å². The second-order valence-corrected chi connectivity index (χ2v) is 9.05. The van der Waals surface area contributed by atoms with Crippen LogP contribution in [0.3, 0.4) is 0 Å². The topological polar surface area (TPSA) is 65.2 Å². The van der Waals surface area contributed by atoms with Crippen molar-refractivity contribution in [2.45, 2.75) is 58.5 Å². The summed E-state index contributed by atoms with van der Waals surface area (Å²) < 4.78 is 8.33. The number of aryl methyl sites for hydroxylation is 2. The van der Waals surface area contributed by atoms with Gasteiger partial charge in [0.2, 0.25) is 5.88 Å². The largest absolute Gasteiger partial charge is 0.471 e. The smallest absolute Gasteiger partial charge is 0.215 e. The summed E-state index contributed by atoms with van der Waals surface area (Å²) in [4.78, 5) is 19.4. The first-order valence-corrected chi connectivity index (χ1v) is 11.8. The van der Waals surface area contributed by atoms with E-state index in [1.54, 1.807) is 0 Å². The fourth-order valence-corrected chi connectivity index (χ4v) is 5.15.